The van der Waals surface area contributed by atoms with Crippen LogP contribution in [-0.2, 0) is 14.3 Å². The second kappa shape index (κ2) is 18.0. The van der Waals surface area contributed by atoms with Crippen molar-refractivity contribution in [3.05, 3.63) is 45.7 Å². The van der Waals surface area contributed by atoms with E-state index in [9.17, 15) is 28.0 Å². The number of benzene rings is 2. The number of hydrogen-bond donors (Lipinski definition) is 1. The van der Waals surface area contributed by atoms with E-state index >= 15 is 0 Å². The third kappa shape index (κ3) is 9.20. The molecule has 0 saturated carbocycles. The quantitative estimate of drug-likeness (QED) is 0.131. The van der Waals surface area contributed by atoms with E-state index in [-0.39, 0.29) is 77.1 Å². The number of fused-ring (bicyclic) bond motifs is 2. The number of aliphatic carboxylic acids is 1. The average Bonchev–Trinajstić information content (AvgIpc) is 3.66. The third-order valence-corrected chi connectivity index (χ3v) is 9.02. The summed E-state index contributed by atoms with van der Waals surface area (Å²) in [6, 6.07) is 6.12. The number of carboxylic acid groups (broad SMARTS) is 1. The first-order valence-electron chi connectivity index (χ1n) is 13.4. The predicted molar refractivity (Wildman–Crippen MR) is 168 cm³/mol. The van der Waals surface area contributed by atoms with Gasteiger partial charge in [0.05, 0.1) is 57.1 Å². The topological polar surface area (TPSA) is 165 Å². The average molecular weight is 691 g/mol. The first-order chi connectivity index (χ1) is 21.3. The summed E-state index contributed by atoms with van der Waals surface area (Å²) in [5.74, 6) is -4.07. The van der Waals surface area contributed by atoms with Crippen molar-refractivity contribution in [3.63, 3.8) is 0 Å². The van der Waals surface area contributed by atoms with Crippen molar-refractivity contribution in [1.29, 1.82) is 0 Å². The standard InChI is InChI=1S/C16H17FO5S.C15H15FO5S.Li.H2O/c1-8(16(19)22-4)5-10(18)13-6-9-12(23-13)7-11(20-2)15(21-3)14(9)17;1-7(15(18)19)4-9(17)12-5-8-11(22-12)6-10(20-2)14(21-3)13(8)16;;/h6-8H,5H2,1-4H3;5-7H,4H2,1-3H3,(H,18,19);;1H2/q;;+1;/p-1/t8-;7-;;/m00../s1. The minimum absolute atomic E-state index is 0. The molecule has 2 N–H and O–H groups in total. The molecule has 0 aliphatic heterocycles. The first-order valence-corrected chi connectivity index (χ1v) is 15.0. The van der Waals surface area contributed by atoms with Crippen LogP contribution in [0.1, 0.15) is 46.0 Å². The van der Waals surface area contributed by atoms with Crippen LogP contribution in [0.25, 0.3) is 20.2 Å². The van der Waals surface area contributed by atoms with E-state index in [2.05, 4.69) is 4.74 Å². The fourth-order valence-electron chi connectivity index (χ4n) is 4.29. The fourth-order valence-corrected chi connectivity index (χ4v) is 6.36. The van der Waals surface area contributed by atoms with Crippen LogP contribution >= 0.6 is 22.7 Å². The maximum Gasteiger partial charge on any atom is 1.00 e. The summed E-state index contributed by atoms with van der Waals surface area (Å²) >= 11 is 2.26. The van der Waals surface area contributed by atoms with Gasteiger partial charge < -0.3 is 34.3 Å². The molecule has 11 nitrogen and oxygen atoms in total. The van der Waals surface area contributed by atoms with Crippen molar-refractivity contribution in [2.75, 3.05) is 35.5 Å². The van der Waals surface area contributed by atoms with Gasteiger partial charge in [-0.25, -0.2) is 8.78 Å². The smallest absolute Gasteiger partial charge is 0.870 e. The molecule has 2 aromatic carbocycles. The molecule has 4 rings (SSSR count). The maximum atomic E-state index is 14.5. The third-order valence-electron chi connectivity index (χ3n) is 6.77. The summed E-state index contributed by atoms with van der Waals surface area (Å²) < 4.78 is 54.7. The molecule has 4 aromatic rings. The Morgan fingerprint density at radius 3 is 1.40 bits per heavy atom. The second-order valence-electron chi connectivity index (χ2n) is 9.82. The van der Waals surface area contributed by atoms with Crippen LogP contribution < -0.4 is 37.8 Å². The zero-order chi connectivity index (χ0) is 33.6. The van der Waals surface area contributed by atoms with Crippen molar-refractivity contribution in [2.24, 2.45) is 11.8 Å². The molecule has 0 aliphatic rings. The van der Waals surface area contributed by atoms with Crippen LogP contribution in [0.5, 0.6) is 23.0 Å². The van der Waals surface area contributed by atoms with Gasteiger partial charge >= 0.3 is 30.8 Å². The van der Waals surface area contributed by atoms with E-state index in [1.54, 1.807) is 19.1 Å². The van der Waals surface area contributed by atoms with Gasteiger partial charge in [0.15, 0.2) is 46.2 Å². The molecule has 0 saturated heterocycles. The number of esters is 1. The number of methoxy groups -OCH3 is 5. The van der Waals surface area contributed by atoms with Crippen LogP contribution in [0.2, 0.25) is 0 Å². The van der Waals surface area contributed by atoms with Crippen molar-refractivity contribution < 1.29 is 81.1 Å². The van der Waals surface area contributed by atoms with Crippen LogP contribution in [0.3, 0.4) is 0 Å². The number of ketones is 2. The van der Waals surface area contributed by atoms with Gasteiger partial charge in [0.2, 0.25) is 0 Å². The molecular formula is C31H33F2LiO11S2. The Bertz CT molecular complexity index is 1750. The number of carbonyl (C=O) groups is 4. The van der Waals surface area contributed by atoms with Gasteiger partial charge in [-0.1, -0.05) is 13.8 Å². The molecule has 0 radical (unpaired) electrons. The molecule has 0 aliphatic carbocycles. The Kier molecular flexibility index (Phi) is 15.8. The largest absolute Gasteiger partial charge is 1.00 e. The molecule has 2 aromatic heterocycles. The Morgan fingerprint density at radius 1 is 0.702 bits per heavy atom. The Balaban J connectivity index is 0.000000451. The monoisotopic (exact) mass is 690 g/mol. The van der Waals surface area contributed by atoms with Crippen molar-refractivity contribution in [3.8, 4) is 23.0 Å². The molecule has 16 heteroatoms. The summed E-state index contributed by atoms with van der Waals surface area (Å²) in [4.78, 5) is 47.3. The van der Waals surface area contributed by atoms with Crippen molar-refractivity contribution in [2.45, 2.75) is 26.7 Å². The Morgan fingerprint density at radius 2 is 1.09 bits per heavy atom. The molecule has 0 amide bonds. The molecule has 0 spiro atoms. The number of carboxylic acids is 1. The van der Waals surface area contributed by atoms with Crippen LogP contribution in [0.4, 0.5) is 8.78 Å². The number of halogens is 2. The zero-order valence-corrected chi connectivity index (χ0v) is 28.7. The molecule has 47 heavy (non-hydrogen) atoms. The number of ether oxygens (including phenoxy) is 5. The van der Waals surface area contributed by atoms with Gasteiger partial charge in [-0.15, -0.1) is 22.7 Å². The molecule has 2 heterocycles. The number of thiophene rings is 2. The van der Waals surface area contributed by atoms with Gasteiger partial charge in [-0.05, 0) is 12.1 Å². The summed E-state index contributed by atoms with van der Waals surface area (Å²) in [5, 5.41) is 9.41. The normalized spacial score (nSPS) is 11.6. The molecule has 0 bridgehead atoms. The summed E-state index contributed by atoms with van der Waals surface area (Å²) in [7, 11) is 6.78. The van der Waals surface area contributed by atoms with E-state index in [0.717, 1.165) is 22.7 Å². The Labute approximate surface area is 289 Å². The minimum atomic E-state index is -1.04. The first kappa shape index (κ1) is 41.3. The number of rotatable bonds is 12. The van der Waals surface area contributed by atoms with Gasteiger partial charge in [-0.3, -0.25) is 19.2 Å². The zero-order valence-electron chi connectivity index (χ0n) is 27.0. The Hall–Kier alpha value is -3.74. The molecule has 0 fully saturated rings. The van der Waals surface area contributed by atoms with Gasteiger partial charge in [-0.2, -0.15) is 0 Å². The fraction of sp³-hybridized carbons (Fsp3) is 0.355. The van der Waals surface area contributed by atoms with Crippen LogP contribution in [0.15, 0.2) is 24.3 Å². The van der Waals surface area contributed by atoms with Gasteiger partial charge in [0.1, 0.15) is 0 Å². The van der Waals surface area contributed by atoms with E-state index in [1.807, 2.05) is 0 Å². The number of Topliss-reactive ketones (excluding diaryl/α,β-unsaturated/α-hetero) is 2. The molecule has 250 valence electrons. The minimum Gasteiger partial charge on any atom is -0.870 e. The van der Waals surface area contributed by atoms with Crippen LogP contribution in [0, 0.1) is 23.5 Å². The predicted octanol–water partition coefficient (Wildman–Crippen LogP) is 3.62. The SMILES string of the molecule is COC(=O)[C@@H](C)CC(=O)c1cc2c(F)c(OC)c(OC)cc2s1.COc1cc2sc(C(=O)C[C@H](C)C(=O)O)cc2c(F)c1OC.[Li+].[OH-]. The van der Waals surface area contributed by atoms with E-state index in [0.29, 0.717) is 24.5 Å². The molecular weight excluding hydrogens is 657 g/mol. The summed E-state index contributed by atoms with van der Waals surface area (Å²) in [6.07, 6.45) is -0.118. The number of hydrogen-bond acceptors (Lipinski definition) is 12. The second-order valence-corrected chi connectivity index (χ2v) is 12.0. The van der Waals surface area contributed by atoms with Gasteiger partial charge in [0, 0.05) is 45.1 Å². The molecule has 2 atom stereocenters. The summed E-state index contributed by atoms with van der Waals surface area (Å²) in [6.45, 7) is 3.07. The van der Waals surface area contributed by atoms with Crippen molar-refractivity contribution in [1.82, 2.24) is 0 Å². The maximum absolute atomic E-state index is 14.5. The van der Waals surface area contributed by atoms with E-state index < -0.39 is 35.4 Å². The summed E-state index contributed by atoms with van der Waals surface area (Å²) in [5.41, 5.74) is 0. The van der Waals surface area contributed by atoms with Crippen molar-refractivity contribution >= 4 is 66.4 Å². The van der Waals surface area contributed by atoms with E-state index in [4.69, 9.17) is 24.1 Å². The molecule has 0 unspecified atom stereocenters. The van der Waals surface area contributed by atoms with Crippen LogP contribution in [-0.4, -0.2) is 69.6 Å². The van der Waals surface area contributed by atoms with Gasteiger partial charge in [0.25, 0.3) is 0 Å². The number of carbonyl (C=O) groups excluding carboxylic acids is 3. The van der Waals surface area contributed by atoms with E-state index in [1.165, 1.54) is 54.6 Å².